The first-order valence-corrected chi connectivity index (χ1v) is 10.2. The van der Waals surface area contributed by atoms with E-state index in [2.05, 4.69) is 10.1 Å². The third-order valence-electron chi connectivity index (χ3n) is 4.83. The zero-order valence-electron chi connectivity index (χ0n) is 16.1. The van der Waals surface area contributed by atoms with Crippen molar-refractivity contribution in [3.8, 4) is 0 Å². The van der Waals surface area contributed by atoms with Crippen molar-refractivity contribution in [2.75, 3.05) is 0 Å². The van der Waals surface area contributed by atoms with Crippen molar-refractivity contribution >= 4 is 35.4 Å². The van der Waals surface area contributed by atoms with Crippen LogP contribution in [0.15, 0.2) is 79.6 Å². The Labute approximate surface area is 184 Å². The first-order chi connectivity index (χ1) is 14.5. The highest BCUT2D eigenvalue weighted by molar-refractivity contribution is 6.30. The minimum Gasteiger partial charge on any atom is -0.381 e. The molecule has 4 aromatic rings. The second-order valence-corrected chi connectivity index (χ2v) is 8.01. The third-order valence-corrected chi connectivity index (χ3v) is 5.33. The van der Waals surface area contributed by atoms with Gasteiger partial charge in [0, 0.05) is 22.4 Å². The van der Waals surface area contributed by atoms with Crippen LogP contribution in [0.1, 0.15) is 16.7 Å². The van der Waals surface area contributed by atoms with Gasteiger partial charge in [-0.15, -0.1) is 0 Å². The number of aromatic nitrogens is 4. The van der Waals surface area contributed by atoms with Crippen molar-refractivity contribution < 1.29 is 5.11 Å². The van der Waals surface area contributed by atoms with E-state index < -0.39 is 5.60 Å². The molecule has 1 unspecified atom stereocenters. The van der Waals surface area contributed by atoms with Gasteiger partial charge in [-0.3, -0.25) is 0 Å². The van der Waals surface area contributed by atoms with Gasteiger partial charge in [-0.2, -0.15) is 5.10 Å². The average Bonchev–Trinajstić information content (AvgIpc) is 3.40. The van der Waals surface area contributed by atoms with Crippen LogP contribution in [0, 0.1) is 0 Å². The molecule has 0 aliphatic heterocycles. The van der Waals surface area contributed by atoms with Crippen molar-refractivity contribution in [2.24, 2.45) is 0 Å². The molecule has 0 aliphatic rings. The topological polar surface area (TPSA) is 55.9 Å². The SMILES string of the molecule is OC(Cn1ccc(/C=C/c2ccc(Cl)cc2)c1)(Cn1cncn1)c1ccc(Cl)cc1. The summed E-state index contributed by atoms with van der Waals surface area (Å²) in [5.41, 5.74) is 1.67. The van der Waals surface area contributed by atoms with Crippen LogP contribution in [0.25, 0.3) is 12.2 Å². The van der Waals surface area contributed by atoms with E-state index in [1.807, 2.05) is 71.6 Å². The molecule has 1 N–H and O–H groups in total. The van der Waals surface area contributed by atoms with Crippen molar-refractivity contribution in [3.63, 3.8) is 0 Å². The van der Waals surface area contributed by atoms with Gasteiger partial charge < -0.3 is 9.67 Å². The van der Waals surface area contributed by atoms with Gasteiger partial charge in [-0.25, -0.2) is 9.67 Å². The zero-order chi connectivity index (χ0) is 21.0. The molecule has 1 atom stereocenters. The molecular weight excluding hydrogens is 419 g/mol. The van der Waals surface area contributed by atoms with E-state index in [1.165, 1.54) is 6.33 Å². The van der Waals surface area contributed by atoms with Crippen molar-refractivity contribution in [1.29, 1.82) is 0 Å². The van der Waals surface area contributed by atoms with Gasteiger partial charge in [0.1, 0.15) is 18.3 Å². The Morgan fingerprint density at radius 2 is 1.53 bits per heavy atom. The van der Waals surface area contributed by atoms with Gasteiger partial charge >= 0.3 is 0 Å². The molecule has 2 heterocycles. The average molecular weight is 439 g/mol. The van der Waals surface area contributed by atoms with E-state index in [1.54, 1.807) is 23.1 Å². The first-order valence-electron chi connectivity index (χ1n) is 9.40. The van der Waals surface area contributed by atoms with Crippen LogP contribution in [-0.4, -0.2) is 24.4 Å². The highest BCUT2D eigenvalue weighted by Gasteiger charge is 2.31. The molecule has 152 valence electrons. The number of nitrogens with zero attached hydrogens (tertiary/aromatic N) is 4. The molecule has 5 nitrogen and oxygen atoms in total. The van der Waals surface area contributed by atoms with Gasteiger partial charge in [0.25, 0.3) is 0 Å². The molecule has 0 saturated heterocycles. The molecular formula is C23H20Cl2N4O. The van der Waals surface area contributed by atoms with E-state index in [0.717, 1.165) is 16.7 Å². The van der Waals surface area contributed by atoms with Gasteiger partial charge in [-0.1, -0.05) is 59.6 Å². The Hall–Kier alpha value is -2.86. The van der Waals surface area contributed by atoms with Gasteiger partial charge in [0.2, 0.25) is 0 Å². The Morgan fingerprint density at radius 3 is 2.20 bits per heavy atom. The molecule has 0 spiro atoms. The summed E-state index contributed by atoms with van der Waals surface area (Å²) in [5, 5.41) is 17.0. The summed E-state index contributed by atoms with van der Waals surface area (Å²) in [5.74, 6) is 0. The van der Waals surface area contributed by atoms with E-state index in [0.29, 0.717) is 16.6 Å². The summed E-state index contributed by atoms with van der Waals surface area (Å²) in [6, 6.07) is 16.9. The Balaban J connectivity index is 1.55. The number of hydrogen-bond donors (Lipinski definition) is 1. The monoisotopic (exact) mass is 438 g/mol. The van der Waals surface area contributed by atoms with Crippen LogP contribution in [0.5, 0.6) is 0 Å². The van der Waals surface area contributed by atoms with Gasteiger partial charge in [0.15, 0.2) is 0 Å². The van der Waals surface area contributed by atoms with E-state index in [4.69, 9.17) is 23.2 Å². The molecule has 0 amide bonds. The molecule has 0 saturated carbocycles. The van der Waals surface area contributed by atoms with Gasteiger partial charge in [0.05, 0.1) is 13.1 Å². The predicted octanol–water partition coefficient (Wildman–Crippen LogP) is 5.14. The summed E-state index contributed by atoms with van der Waals surface area (Å²) in [6.45, 7) is 0.617. The summed E-state index contributed by atoms with van der Waals surface area (Å²) in [6.07, 6.45) is 11.0. The smallest absolute Gasteiger partial charge is 0.137 e. The lowest BCUT2D eigenvalue weighted by Gasteiger charge is -2.29. The summed E-state index contributed by atoms with van der Waals surface area (Å²) in [4.78, 5) is 3.98. The zero-order valence-corrected chi connectivity index (χ0v) is 17.6. The summed E-state index contributed by atoms with van der Waals surface area (Å²) < 4.78 is 3.59. The maximum Gasteiger partial charge on any atom is 0.137 e. The maximum atomic E-state index is 11.6. The van der Waals surface area contributed by atoms with Gasteiger partial charge in [-0.05, 0) is 47.0 Å². The van der Waals surface area contributed by atoms with E-state index >= 15 is 0 Å². The molecule has 2 aromatic carbocycles. The van der Waals surface area contributed by atoms with Crippen LogP contribution >= 0.6 is 23.2 Å². The quantitative estimate of drug-likeness (QED) is 0.434. The molecule has 0 bridgehead atoms. The molecule has 30 heavy (non-hydrogen) atoms. The first kappa shape index (κ1) is 20.4. The van der Waals surface area contributed by atoms with E-state index in [-0.39, 0.29) is 6.54 Å². The molecule has 7 heteroatoms. The van der Waals surface area contributed by atoms with Crippen molar-refractivity contribution in [3.05, 3.63) is 106 Å². The standard InChI is InChI=1S/C23H20Cl2N4O/c24-21-7-3-18(4-8-21)1-2-19-11-12-28(13-19)14-23(30,15-29-17-26-16-27-29)20-5-9-22(25)10-6-20/h1-13,16-17,30H,14-15H2/b2-1+. The Morgan fingerprint density at radius 1 is 0.867 bits per heavy atom. The molecule has 0 fully saturated rings. The van der Waals surface area contributed by atoms with Crippen molar-refractivity contribution in [2.45, 2.75) is 18.7 Å². The summed E-state index contributed by atoms with van der Waals surface area (Å²) in [7, 11) is 0. The van der Waals surface area contributed by atoms with E-state index in [9.17, 15) is 5.11 Å². The minimum atomic E-state index is -1.19. The number of hydrogen-bond acceptors (Lipinski definition) is 3. The lowest BCUT2D eigenvalue weighted by atomic mass is 9.93. The number of rotatable bonds is 7. The third kappa shape index (κ3) is 5.00. The largest absolute Gasteiger partial charge is 0.381 e. The van der Waals surface area contributed by atoms with Crippen LogP contribution in [0.4, 0.5) is 0 Å². The fourth-order valence-electron chi connectivity index (χ4n) is 3.30. The number of benzene rings is 2. The minimum absolute atomic E-state index is 0.267. The fourth-order valence-corrected chi connectivity index (χ4v) is 3.55. The molecule has 2 aromatic heterocycles. The highest BCUT2D eigenvalue weighted by Crippen LogP contribution is 2.27. The van der Waals surface area contributed by atoms with Crippen LogP contribution in [-0.2, 0) is 18.7 Å². The number of aliphatic hydroxyl groups is 1. The Bertz CT molecular complexity index is 1120. The second-order valence-electron chi connectivity index (χ2n) is 7.13. The second kappa shape index (κ2) is 8.88. The van der Waals surface area contributed by atoms with Crippen LogP contribution < -0.4 is 0 Å². The maximum absolute atomic E-state index is 11.6. The lowest BCUT2D eigenvalue weighted by molar-refractivity contribution is -0.00214. The van der Waals surface area contributed by atoms with Crippen molar-refractivity contribution in [1.82, 2.24) is 19.3 Å². The molecule has 4 rings (SSSR count). The fraction of sp³-hybridized carbons (Fsp3) is 0.130. The van der Waals surface area contributed by atoms with Crippen LogP contribution in [0.2, 0.25) is 10.0 Å². The summed E-state index contributed by atoms with van der Waals surface area (Å²) >= 11 is 12.0. The molecule has 0 radical (unpaired) electrons. The number of halogens is 2. The highest BCUT2D eigenvalue weighted by atomic mass is 35.5. The lowest BCUT2D eigenvalue weighted by Crippen LogP contribution is -2.36. The molecule has 0 aliphatic carbocycles. The normalized spacial score (nSPS) is 13.6. The Kier molecular flexibility index (Phi) is 6.04. The van der Waals surface area contributed by atoms with Crippen LogP contribution in [0.3, 0.4) is 0 Å². The predicted molar refractivity (Wildman–Crippen MR) is 120 cm³/mol.